The molecule has 0 fully saturated rings. The van der Waals surface area contributed by atoms with Crippen LogP contribution in [0.3, 0.4) is 0 Å². The molecule has 268 valence electrons. The van der Waals surface area contributed by atoms with Crippen LogP contribution in [0.5, 0.6) is 0 Å². The fraction of sp³-hybridized carbons (Fsp3) is 0.0182. The van der Waals surface area contributed by atoms with Gasteiger partial charge in [0.05, 0.1) is 5.41 Å². The Morgan fingerprint density at radius 3 is 1.21 bits per heavy atom. The van der Waals surface area contributed by atoms with Crippen LogP contribution in [-0.4, -0.2) is 7.85 Å². The zero-order valence-electron chi connectivity index (χ0n) is 31.9. The Morgan fingerprint density at radius 1 is 0.298 bits per heavy atom. The van der Waals surface area contributed by atoms with Gasteiger partial charge in [0.25, 0.3) is 0 Å². The molecule has 0 saturated carbocycles. The molecule has 0 heterocycles. The molecule has 0 radical (unpaired) electrons. The first kappa shape index (κ1) is 34.3. The Balaban J connectivity index is 1.07. The molecule has 0 N–H and O–H groups in total. The smallest absolute Gasteiger partial charge is 0.139 e. The summed E-state index contributed by atoms with van der Waals surface area (Å²) in [5.74, 6) is 0. The maximum absolute atomic E-state index is 2.45. The van der Waals surface area contributed by atoms with Crippen LogP contribution in [0.1, 0.15) is 22.3 Å². The van der Waals surface area contributed by atoms with Crippen LogP contribution in [0.25, 0.3) is 44.5 Å². The lowest BCUT2D eigenvalue weighted by molar-refractivity contribution is 0.774. The molecule has 0 saturated heterocycles. The molecule has 1 aliphatic carbocycles. The van der Waals surface area contributed by atoms with Crippen molar-refractivity contribution >= 4 is 30.4 Å². The molecule has 0 bridgehead atoms. The average Bonchev–Trinajstić information content (AvgIpc) is 3.58. The highest BCUT2D eigenvalue weighted by molar-refractivity contribution is 6.33. The van der Waals surface area contributed by atoms with Crippen molar-refractivity contribution in [2.45, 2.75) is 5.41 Å². The average molecular weight is 726 g/mol. The number of hydrogen-bond donors (Lipinski definition) is 0. The van der Waals surface area contributed by atoms with Crippen molar-refractivity contribution in [3.05, 3.63) is 253 Å². The first-order chi connectivity index (χ1) is 28.2. The molecule has 57 heavy (non-hydrogen) atoms. The Kier molecular flexibility index (Phi) is 8.73. The lowest BCUT2D eigenvalue weighted by Crippen LogP contribution is -2.34. The van der Waals surface area contributed by atoms with E-state index < -0.39 is 5.41 Å². The summed E-state index contributed by atoms with van der Waals surface area (Å²) in [7, 11) is 2.25. The van der Waals surface area contributed by atoms with Crippen molar-refractivity contribution in [1.29, 1.82) is 0 Å². The number of hydrogen-bond acceptors (Lipinski definition) is 1. The summed E-state index contributed by atoms with van der Waals surface area (Å²) >= 11 is 0. The van der Waals surface area contributed by atoms with E-state index in [2.05, 4.69) is 243 Å². The maximum atomic E-state index is 2.45. The Labute approximate surface area is 336 Å². The van der Waals surface area contributed by atoms with E-state index in [1.54, 1.807) is 0 Å². The van der Waals surface area contributed by atoms with Gasteiger partial charge >= 0.3 is 0 Å². The zero-order valence-corrected chi connectivity index (χ0v) is 31.9. The molecule has 1 atom stereocenters. The summed E-state index contributed by atoms with van der Waals surface area (Å²) in [5, 5.41) is 0. The minimum atomic E-state index is -0.441. The second-order valence-corrected chi connectivity index (χ2v) is 14.9. The molecule has 10 rings (SSSR count). The molecular formula is C55H40BN. The summed E-state index contributed by atoms with van der Waals surface area (Å²) in [6.07, 6.45) is 0. The second kappa shape index (κ2) is 14.5. The molecule has 0 amide bonds. The van der Waals surface area contributed by atoms with Gasteiger partial charge < -0.3 is 4.90 Å². The van der Waals surface area contributed by atoms with Gasteiger partial charge in [-0.2, -0.15) is 0 Å². The number of rotatable bonds is 8. The van der Waals surface area contributed by atoms with E-state index in [9.17, 15) is 0 Å². The monoisotopic (exact) mass is 725 g/mol. The van der Waals surface area contributed by atoms with Gasteiger partial charge in [-0.25, -0.2) is 0 Å². The first-order valence-electron chi connectivity index (χ1n) is 19.8. The van der Waals surface area contributed by atoms with Crippen molar-refractivity contribution in [2.75, 3.05) is 4.90 Å². The fourth-order valence-corrected chi connectivity index (χ4v) is 9.01. The van der Waals surface area contributed by atoms with E-state index in [1.165, 1.54) is 72.2 Å². The van der Waals surface area contributed by atoms with Crippen LogP contribution in [0.2, 0.25) is 0 Å². The third kappa shape index (κ3) is 5.98. The van der Waals surface area contributed by atoms with E-state index in [-0.39, 0.29) is 0 Å². The second-order valence-electron chi connectivity index (χ2n) is 14.9. The van der Waals surface area contributed by atoms with Gasteiger partial charge in [-0.15, -0.1) is 0 Å². The van der Waals surface area contributed by atoms with E-state index in [4.69, 9.17) is 0 Å². The van der Waals surface area contributed by atoms with Crippen LogP contribution in [0, 0.1) is 0 Å². The van der Waals surface area contributed by atoms with Crippen molar-refractivity contribution in [3.8, 4) is 44.5 Å². The lowest BCUT2D eigenvalue weighted by atomic mass is 9.64. The highest BCUT2D eigenvalue weighted by Crippen LogP contribution is 2.56. The van der Waals surface area contributed by atoms with Gasteiger partial charge in [0.15, 0.2) is 0 Å². The summed E-state index contributed by atoms with van der Waals surface area (Å²) in [5.41, 5.74) is 19.2. The maximum Gasteiger partial charge on any atom is 0.139 e. The normalized spacial score (nSPS) is 14.1. The molecule has 0 spiro atoms. The van der Waals surface area contributed by atoms with E-state index in [1.807, 2.05) is 0 Å². The van der Waals surface area contributed by atoms with Crippen molar-refractivity contribution < 1.29 is 0 Å². The topological polar surface area (TPSA) is 3.24 Å². The molecule has 1 nitrogen and oxygen atoms in total. The molecular weight excluding hydrogens is 685 g/mol. The van der Waals surface area contributed by atoms with Crippen molar-refractivity contribution in [1.82, 2.24) is 0 Å². The van der Waals surface area contributed by atoms with E-state index in [0.29, 0.717) is 0 Å². The van der Waals surface area contributed by atoms with E-state index >= 15 is 0 Å². The highest BCUT2D eigenvalue weighted by atomic mass is 15.1. The standard InChI is InChI=1S/C55H40BN/c56-54-23-13-12-22-52(54)55(45-18-8-3-9-19-45)51-21-11-10-20-49(51)50-37-30-44(38-53(50)55)43-28-35-48(36-29-43)57(46-31-24-41(25-32-46)39-14-4-1-5-15-39)47-33-26-42(27-34-47)40-16-6-2-7-17-40/h1-38H,56H2. The van der Waals surface area contributed by atoms with Crippen LogP contribution in [0.4, 0.5) is 17.1 Å². The Bertz CT molecular complexity index is 2730. The van der Waals surface area contributed by atoms with Crippen molar-refractivity contribution in [2.24, 2.45) is 0 Å². The van der Waals surface area contributed by atoms with Crippen molar-refractivity contribution in [3.63, 3.8) is 0 Å². The molecule has 2 heteroatoms. The number of fused-ring (bicyclic) bond motifs is 3. The van der Waals surface area contributed by atoms with Crippen LogP contribution >= 0.6 is 0 Å². The van der Waals surface area contributed by atoms with Gasteiger partial charge in [0.1, 0.15) is 7.85 Å². The van der Waals surface area contributed by atoms with Crippen LogP contribution < -0.4 is 10.4 Å². The van der Waals surface area contributed by atoms with Crippen LogP contribution in [0.15, 0.2) is 231 Å². The predicted octanol–water partition coefficient (Wildman–Crippen LogP) is 12.8. The molecule has 9 aromatic rings. The predicted molar refractivity (Wildman–Crippen MR) is 243 cm³/mol. The third-order valence-electron chi connectivity index (χ3n) is 11.7. The lowest BCUT2D eigenvalue weighted by Gasteiger charge is -2.35. The molecule has 0 aromatic heterocycles. The summed E-state index contributed by atoms with van der Waals surface area (Å²) < 4.78 is 0. The van der Waals surface area contributed by atoms with Gasteiger partial charge in [-0.3, -0.25) is 0 Å². The number of nitrogens with zero attached hydrogens (tertiary/aromatic N) is 1. The summed E-state index contributed by atoms with van der Waals surface area (Å²) in [4.78, 5) is 2.35. The van der Waals surface area contributed by atoms with Gasteiger partial charge in [0, 0.05) is 17.1 Å². The van der Waals surface area contributed by atoms with E-state index in [0.717, 1.165) is 17.1 Å². The van der Waals surface area contributed by atoms with Crippen LogP contribution in [-0.2, 0) is 5.41 Å². The number of benzene rings is 9. The Morgan fingerprint density at radius 2 is 0.684 bits per heavy atom. The fourth-order valence-electron chi connectivity index (χ4n) is 9.01. The van der Waals surface area contributed by atoms with Gasteiger partial charge in [-0.1, -0.05) is 194 Å². The third-order valence-corrected chi connectivity index (χ3v) is 11.7. The largest absolute Gasteiger partial charge is 0.311 e. The molecule has 0 aliphatic heterocycles. The minimum Gasteiger partial charge on any atom is -0.311 e. The molecule has 1 aliphatic rings. The molecule has 1 unspecified atom stereocenters. The quantitative estimate of drug-likeness (QED) is 0.141. The highest BCUT2D eigenvalue weighted by Gasteiger charge is 2.46. The summed E-state index contributed by atoms with van der Waals surface area (Å²) in [6.45, 7) is 0. The Hall–Kier alpha value is -7.16. The SMILES string of the molecule is Bc1ccccc1C1(c2ccccc2)c2ccccc2-c2ccc(-c3ccc(N(c4ccc(-c5ccccc5)cc4)c4ccc(-c5ccccc5)cc4)cc3)cc21. The number of anilines is 3. The zero-order chi connectivity index (χ0) is 38.2. The first-order valence-corrected chi connectivity index (χ1v) is 19.8. The minimum absolute atomic E-state index is 0.441. The van der Waals surface area contributed by atoms with Gasteiger partial charge in [-0.05, 0) is 109 Å². The van der Waals surface area contributed by atoms with Gasteiger partial charge in [0.2, 0.25) is 0 Å². The summed E-state index contributed by atoms with van der Waals surface area (Å²) in [6, 6.07) is 84.1. The molecule has 9 aromatic carbocycles.